The summed E-state index contributed by atoms with van der Waals surface area (Å²) in [4.78, 5) is 18.1. The van der Waals surface area contributed by atoms with Crippen molar-refractivity contribution in [3.63, 3.8) is 0 Å². The number of nitrogens with zero attached hydrogens (tertiary/aromatic N) is 4. The fraction of sp³-hybridized carbons (Fsp3) is 0.0769. The second-order valence-electron chi connectivity index (χ2n) is 7.97. The highest BCUT2D eigenvalue weighted by molar-refractivity contribution is 6.23. The molecule has 0 amide bonds. The van der Waals surface area contributed by atoms with Gasteiger partial charge in [0, 0.05) is 35.3 Å². The molecule has 0 saturated carbocycles. The molecule has 3 aromatic heterocycles. The van der Waals surface area contributed by atoms with E-state index in [1.165, 1.54) is 0 Å². The fourth-order valence-electron chi connectivity index (χ4n) is 4.50. The summed E-state index contributed by atoms with van der Waals surface area (Å²) in [5, 5.41) is 12.9. The van der Waals surface area contributed by atoms with Crippen molar-refractivity contribution >= 4 is 22.4 Å². The number of aromatic nitrogens is 5. The van der Waals surface area contributed by atoms with Gasteiger partial charge in [-0.15, -0.1) is 0 Å². The van der Waals surface area contributed by atoms with Crippen molar-refractivity contribution in [2.75, 3.05) is 0 Å². The summed E-state index contributed by atoms with van der Waals surface area (Å²) in [6.07, 6.45) is 4.11. The van der Waals surface area contributed by atoms with E-state index >= 15 is 0 Å². The van der Waals surface area contributed by atoms with Gasteiger partial charge in [-0.1, -0.05) is 48.0 Å². The van der Waals surface area contributed by atoms with Crippen molar-refractivity contribution < 1.29 is 4.79 Å². The van der Waals surface area contributed by atoms with E-state index in [9.17, 15) is 4.79 Å². The molecule has 1 aliphatic heterocycles. The second-order valence-corrected chi connectivity index (χ2v) is 7.97. The van der Waals surface area contributed by atoms with Gasteiger partial charge in [-0.3, -0.25) is 14.9 Å². The number of aromatic amines is 1. The summed E-state index contributed by atoms with van der Waals surface area (Å²) in [5.74, 6) is -0.116. The maximum absolute atomic E-state index is 13.7. The molecule has 0 aliphatic carbocycles. The maximum Gasteiger partial charge on any atom is 0.279 e. The van der Waals surface area contributed by atoms with E-state index in [2.05, 4.69) is 15.2 Å². The van der Waals surface area contributed by atoms with Gasteiger partial charge in [-0.05, 0) is 42.3 Å². The largest absolute Gasteiger partial charge is 0.279 e. The van der Waals surface area contributed by atoms with E-state index in [4.69, 9.17) is 5.10 Å². The minimum Gasteiger partial charge on any atom is -0.276 e. The topological polar surface area (TPSA) is 76.5 Å². The predicted molar refractivity (Wildman–Crippen MR) is 124 cm³/mol. The Hall–Kier alpha value is -4.32. The van der Waals surface area contributed by atoms with Crippen LogP contribution < -0.4 is 0 Å². The summed E-state index contributed by atoms with van der Waals surface area (Å²) in [6, 6.07) is 21.8. The van der Waals surface area contributed by atoms with Gasteiger partial charge in [0.1, 0.15) is 5.69 Å². The number of hydrogen-bond donors (Lipinski definition) is 1. The van der Waals surface area contributed by atoms with E-state index in [0.29, 0.717) is 12.0 Å². The number of carbonyl (C=O) groups excluding carboxylic acids is 1. The molecule has 0 fully saturated rings. The minimum atomic E-state index is -0.116. The van der Waals surface area contributed by atoms with E-state index in [1.807, 2.05) is 73.7 Å². The van der Waals surface area contributed by atoms with Crippen molar-refractivity contribution in [2.45, 2.75) is 13.3 Å². The molecule has 0 radical (unpaired) electrons. The first kappa shape index (κ1) is 18.4. The molecule has 6 nitrogen and oxygen atoms in total. The zero-order valence-electron chi connectivity index (χ0n) is 17.4. The number of benzene rings is 2. The van der Waals surface area contributed by atoms with Crippen LogP contribution in [0.4, 0.5) is 0 Å². The highest BCUT2D eigenvalue weighted by atomic mass is 16.2. The number of carbonyl (C=O) groups is 1. The summed E-state index contributed by atoms with van der Waals surface area (Å²) >= 11 is 0. The van der Waals surface area contributed by atoms with Crippen molar-refractivity contribution in [1.29, 1.82) is 0 Å². The molecule has 0 atom stereocenters. The SMILES string of the molecule is CC1=C(c2ccc3ncccc3c2)C(=O)n2nc(-c3ccn[nH]3)c(-c3ccccc3)c2C1. The highest BCUT2D eigenvalue weighted by Gasteiger charge is 2.31. The number of H-pyrrole nitrogens is 1. The summed E-state index contributed by atoms with van der Waals surface area (Å²) in [7, 11) is 0. The number of allylic oxidation sites excluding steroid dienone is 2. The first-order valence-electron chi connectivity index (χ1n) is 10.5. The number of nitrogens with one attached hydrogen (secondary N) is 1. The molecule has 0 saturated heterocycles. The van der Waals surface area contributed by atoms with Crippen molar-refractivity contribution in [1.82, 2.24) is 25.0 Å². The van der Waals surface area contributed by atoms with Gasteiger partial charge in [-0.2, -0.15) is 14.9 Å². The van der Waals surface area contributed by atoms with Crippen LogP contribution in [0.25, 0.3) is 39.0 Å². The smallest absolute Gasteiger partial charge is 0.276 e. The molecule has 32 heavy (non-hydrogen) atoms. The third-order valence-corrected chi connectivity index (χ3v) is 5.96. The molecule has 5 aromatic rings. The zero-order chi connectivity index (χ0) is 21.7. The lowest BCUT2D eigenvalue weighted by molar-refractivity contribution is 0.0958. The third kappa shape index (κ3) is 2.80. The second kappa shape index (κ2) is 7.13. The van der Waals surface area contributed by atoms with Gasteiger partial charge in [0.05, 0.1) is 16.9 Å². The molecule has 1 N–H and O–H groups in total. The van der Waals surface area contributed by atoms with Crippen LogP contribution in [0, 0.1) is 0 Å². The maximum atomic E-state index is 13.7. The van der Waals surface area contributed by atoms with E-state index in [-0.39, 0.29) is 5.91 Å². The van der Waals surface area contributed by atoms with Gasteiger partial charge in [0.25, 0.3) is 5.91 Å². The average molecular weight is 417 g/mol. The molecule has 0 bridgehead atoms. The Labute approximate surface area is 184 Å². The predicted octanol–water partition coefficient (Wildman–Crippen LogP) is 5.16. The Morgan fingerprint density at radius 2 is 1.81 bits per heavy atom. The van der Waals surface area contributed by atoms with Gasteiger partial charge in [-0.25, -0.2) is 0 Å². The molecule has 0 spiro atoms. The zero-order valence-corrected chi connectivity index (χ0v) is 17.4. The van der Waals surface area contributed by atoms with Crippen LogP contribution in [-0.4, -0.2) is 30.9 Å². The van der Waals surface area contributed by atoms with E-state index < -0.39 is 0 Å². The highest BCUT2D eigenvalue weighted by Crippen LogP contribution is 2.39. The fourth-order valence-corrected chi connectivity index (χ4v) is 4.50. The Morgan fingerprint density at radius 1 is 0.938 bits per heavy atom. The Balaban J connectivity index is 1.54. The average Bonchev–Trinajstić information content (AvgIpc) is 3.48. The van der Waals surface area contributed by atoms with Gasteiger partial charge >= 0.3 is 0 Å². The molecular formula is C26H19N5O. The van der Waals surface area contributed by atoms with Crippen LogP contribution in [0.1, 0.15) is 23.0 Å². The Kier molecular flexibility index (Phi) is 4.11. The van der Waals surface area contributed by atoms with Crippen molar-refractivity contribution in [2.24, 2.45) is 0 Å². The first-order valence-corrected chi connectivity index (χ1v) is 10.5. The standard InChI is InChI=1S/C26H19N5O/c1-16-14-22-24(17-6-3-2-4-7-17)25(21-11-13-28-29-21)30-31(22)26(32)23(16)19-9-10-20-18(15-19)8-5-12-27-20/h2-13,15H,14H2,1H3,(H,28,29). The molecule has 0 unspecified atom stereocenters. The number of hydrogen-bond acceptors (Lipinski definition) is 4. The lowest BCUT2D eigenvalue weighted by Crippen LogP contribution is -2.23. The van der Waals surface area contributed by atoms with Gasteiger partial charge < -0.3 is 0 Å². The number of rotatable bonds is 3. The molecule has 2 aromatic carbocycles. The van der Waals surface area contributed by atoms with Crippen LogP contribution in [0.3, 0.4) is 0 Å². The molecule has 1 aliphatic rings. The van der Waals surface area contributed by atoms with Crippen LogP contribution in [-0.2, 0) is 6.42 Å². The number of pyridine rings is 1. The van der Waals surface area contributed by atoms with E-state index in [1.54, 1.807) is 17.1 Å². The molecular weight excluding hydrogens is 398 g/mol. The summed E-state index contributed by atoms with van der Waals surface area (Å²) < 4.78 is 1.56. The Bertz CT molecular complexity index is 1510. The quantitative estimate of drug-likeness (QED) is 0.440. The van der Waals surface area contributed by atoms with Gasteiger partial charge in [0.2, 0.25) is 0 Å². The third-order valence-electron chi connectivity index (χ3n) is 5.96. The molecule has 154 valence electrons. The summed E-state index contributed by atoms with van der Waals surface area (Å²) in [6.45, 7) is 2.03. The first-order chi connectivity index (χ1) is 15.7. The van der Waals surface area contributed by atoms with Gasteiger partial charge in [0.15, 0.2) is 0 Å². The minimum absolute atomic E-state index is 0.116. The number of fused-ring (bicyclic) bond motifs is 2. The van der Waals surface area contributed by atoms with Crippen molar-refractivity contribution in [3.8, 4) is 22.5 Å². The van der Waals surface area contributed by atoms with Crippen LogP contribution in [0.2, 0.25) is 0 Å². The lowest BCUT2D eigenvalue weighted by Gasteiger charge is -2.20. The van der Waals surface area contributed by atoms with Crippen LogP contribution in [0.5, 0.6) is 0 Å². The normalized spacial score (nSPS) is 13.6. The summed E-state index contributed by atoms with van der Waals surface area (Å²) in [5.41, 5.74) is 7.92. The van der Waals surface area contributed by atoms with Crippen LogP contribution in [0.15, 0.2) is 84.7 Å². The molecule has 4 heterocycles. The monoisotopic (exact) mass is 417 g/mol. The molecule has 6 rings (SSSR count). The Morgan fingerprint density at radius 3 is 2.62 bits per heavy atom. The lowest BCUT2D eigenvalue weighted by atomic mass is 9.90. The molecule has 6 heteroatoms. The van der Waals surface area contributed by atoms with Crippen LogP contribution >= 0.6 is 0 Å². The van der Waals surface area contributed by atoms with Crippen molar-refractivity contribution in [3.05, 3.63) is 96.0 Å². The van der Waals surface area contributed by atoms with E-state index in [0.717, 1.165) is 50.2 Å².